The highest BCUT2D eigenvalue weighted by molar-refractivity contribution is 6.10. The molecule has 0 saturated carbocycles. The molecule has 1 nitrogen and oxygen atoms in total. The molecule has 0 saturated heterocycles. The Morgan fingerprint density at radius 3 is 2.65 bits per heavy atom. The molecule has 0 N–H and O–H groups in total. The maximum absolute atomic E-state index is 12.1. The van der Waals surface area contributed by atoms with Gasteiger partial charge in [-0.1, -0.05) is 37.3 Å². The summed E-state index contributed by atoms with van der Waals surface area (Å²) < 4.78 is 0. The maximum Gasteiger partial charge on any atom is 0.163 e. The smallest absolute Gasteiger partial charge is 0.163 e. The quantitative estimate of drug-likeness (QED) is 0.722. The molecule has 0 heterocycles. The van der Waals surface area contributed by atoms with Gasteiger partial charge in [0.15, 0.2) is 5.78 Å². The lowest BCUT2D eigenvalue weighted by Gasteiger charge is -2.07. The molecule has 0 fully saturated rings. The number of aryl methyl sites for hydroxylation is 2. The Bertz CT molecular complexity index is 585. The van der Waals surface area contributed by atoms with Crippen molar-refractivity contribution >= 4 is 16.6 Å². The summed E-state index contributed by atoms with van der Waals surface area (Å²) >= 11 is 0. The zero-order chi connectivity index (χ0) is 11.8. The van der Waals surface area contributed by atoms with Crippen molar-refractivity contribution in [1.82, 2.24) is 0 Å². The molecule has 0 spiro atoms. The molecule has 1 heteroatoms. The maximum atomic E-state index is 12.1. The zero-order valence-corrected chi connectivity index (χ0v) is 10.1. The second kappa shape index (κ2) is 3.99. The molecule has 0 aliphatic heterocycles. The van der Waals surface area contributed by atoms with Crippen LogP contribution in [0.2, 0.25) is 0 Å². The van der Waals surface area contributed by atoms with Gasteiger partial charge in [0.2, 0.25) is 0 Å². The molecule has 3 rings (SSSR count). The van der Waals surface area contributed by atoms with Crippen molar-refractivity contribution < 1.29 is 4.79 Å². The number of hydrogen-bond acceptors (Lipinski definition) is 1. The third-order valence-corrected chi connectivity index (χ3v) is 3.65. The summed E-state index contributed by atoms with van der Waals surface area (Å²) in [7, 11) is 0. The number of benzene rings is 2. The van der Waals surface area contributed by atoms with E-state index < -0.39 is 0 Å². The lowest BCUT2D eigenvalue weighted by molar-refractivity contribution is 0.0983. The monoisotopic (exact) mass is 224 g/mol. The Kier molecular flexibility index (Phi) is 2.47. The van der Waals surface area contributed by atoms with Crippen molar-refractivity contribution in [2.24, 2.45) is 0 Å². The summed E-state index contributed by atoms with van der Waals surface area (Å²) in [5, 5.41) is 2.51. The van der Waals surface area contributed by atoms with Crippen LogP contribution in [0.1, 0.15) is 41.3 Å². The van der Waals surface area contributed by atoms with E-state index in [-0.39, 0.29) is 5.78 Å². The normalized spacial score (nSPS) is 13.2. The van der Waals surface area contributed by atoms with Gasteiger partial charge in [0.1, 0.15) is 0 Å². The molecule has 0 bridgehead atoms. The number of rotatable bonds is 3. The van der Waals surface area contributed by atoms with Crippen molar-refractivity contribution in [3.8, 4) is 0 Å². The van der Waals surface area contributed by atoms with Crippen LogP contribution in [0.25, 0.3) is 10.8 Å². The van der Waals surface area contributed by atoms with E-state index in [2.05, 4.69) is 31.2 Å². The fraction of sp³-hybridized carbons (Fsp3) is 0.312. The van der Waals surface area contributed by atoms with Crippen LogP contribution in [-0.4, -0.2) is 5.78 Å². The lowest BCUT2D eigenvalue weighted by atomic mass is 9.96. The van der Waals surface area contributed by atoms with Gasteiger partial charge in [0.25, 0.3) is 0 Å². The van der Waals surface area contributed by atoms with Crippen LogP contribution in [0.4, 0.5) is 0 Å². The molecule has 0 amide bonds. The Hall–Kier alpha value is -1.63. The predicted molar refractivity (Wildman–Crippen MR) is 70.6 cm³/mol. The van der Waals surface area contributed by atoms with Crippen molar-refractivity contribution in [3.63, 3.8) is 0 Å². The molecule has 0 radical (unpaired) electrons. The van der Waals surface area contributed by atoms with Gasteiger partial charge in [-0.3, -0.25) is 4.79 Å². The topological polar surface area (TPSA) is 17.1 Å². The van der Waals surface area contributed by atoms with Gasteiger partial charge in [-0.2, -0.15) is 0 Å². The van der Waals surface area contributed by atoms with Crippen LogP contribution in [0, 0.1) is 0 Å². The zero-order valence-electron chi connectivity index (χ0n) is 10.1. The average Bonchev–Trinajstić information content (AvgIpc) is 2.76. The van der Waals surface area contributed by atoms with Crippen molar-refractivity contribution in [2.45, 2.75) is 32.6 Å². The minimum atomic E-state index is 0.281. The number of hydrogen-bond donors (Lipinski definition) is 0. The summed E-state index contributed by atoms with van der Waals surface area (Å²) in [5.41, 5.74) is 3.72. The van der Waals surface area contributed by atoms with Crippen LogP contribution in [-0.2, 0) is 12.8 Å². The van der Waals surface area contributed by atoms with Crippen LogP contribution in [0.5, 0.6) is 0 Å². The first-order valence-electron chi connectivity index (χ1n) is 6.38. The van der Waals surface area contributed by atoms with Gasteiger partial charge in [-0.25, -0.2) is 0 Å². The first-order valence-corrected chi connectivity index (χ1v) is 6.38. The minimum absolute atomic E-state index is 0.281. The van der Waals surface area contributed by atoms with Gasteiger partial charge in [-0.05, 0) is 41.2 Å². The summed E-state index contributed by atoms with van der Waals surface area (Å²) in [6.07, 6.45) is 3.82. The van der Waals surface area contributed by atoms with Gasteiger partial charge in [0, 0.05) is 12.0 Å². The van der Waals surface area contributed by atoms with E-state index in [1.165, 1.54) is 16.5 Å². The van der Waals surface area contributed by atoms with E-state index in [4.69, 9.17) is 0 Å². The van der Waals surface area contributed by atoms with Crippen LogP contribution in [0.15, 0.2) is 30.3 Å². The summed E-state index contributed by atoms with van der Waals surface area (Å²) in [5.74, 6) is 0.281. The molecular weight excluding hydrogens is 208 g/mol. The van der Waals surface area contributed by atoms with E-state index in [9.17, 15) is 4.79 Å². The fourth-order valence-electron chi connectivity index (χ4n) is 2.85. The summed E-state index contributed by atoms with van der Waals surface area (Å²) in [6.45, 7) is 2.05. The number of carbonyl (C=O) groups is 1. The molecule has 0 aromatic heterocycles. The second-order valence-corrected chi connectivity index (χ2v) is 4.79. The first-order chi connectivity index (χ1) is 8.31. The molecule has 1 aliphatic carbocycles. The lowest BCUT2D eigenvalue weighted by Crippen LogP contribution is -1.99. The van der Waals surface area contributed by atoms with Gasteiger partial charge >= 0.3 is 0 Å². The molecule has 2 aromatic carbocycles. The largest absolute Gasteiger partial charge is 0.294 e. The Morgan fingerprint density at radius 1 is 1.12 bits per heavy atom. The Labute approximate surface area is 101 Å². The second-order valence-electron chi connectivity index (χ2n) is 4.79. The molecule has 17 heavy (non-hydrogen) atoms. The highest BCUT2D eigenvalue weighted by Gasteiger charge is 2.17. The summed E-state index contributed by atoms with van der Waals surface area (Å²) in [6, 6.07) is 10.5. The van der Waals surface area contributed by atoms with E-state index >= 15 is 0 Å². The Balaban J connectivity index is 2.25. The average molecular weight is 224 g/mol. The van der Waals surface area contributed by atoms with Gasteiger partial charge < -0.3 is 0 Å². The number of Topliss-reactive ketones (excluding diaryl/α,β-unsaturated/α-hetero) is 1. The summed E-state index contributed by atoms with van der Waals surface area (Å²) in [4.78, 5) is 12.1. The molecule has 0 unspecified atom stereocenters. The minimum Gasteiger partial charge on any atom is -0.294 e. The fourth-order valence-corrected chi connectivity index (χ4v) is 2.85. The van der Waals surface area contributed by atoms with Crippen molar-refractivity contribution in [1.29, 1.82) is 0 Å². The first kappa shape index (κ1) is 10.5. The van der Waals surface area contributed by atoms with Crippen molar-refractivity contribution in [3.05, 3.63) is 47.0 Å². The van der Waals surface area contributed by atoms with E-state index in [0.29, 0.717) is 6.42 Å². The third-order valence-electron chi connectivity index (χ3n) is 3.65. The molecule has 86 valence electrons. The SMILES string of the molecule is CCCC(=O)c1ccc2c3c(cccc13)CC2. The van der Waals surface area contributed by atoms with Crippen LogP contribution in [0.3, 0.4) is 0 Å². The molecule has 1 aliphatic rings. The molecular formula is C16H16O. The van der Waals surface area contributed by atoms with Crippen molar-refractivity contribution in [2.75, 3.05) is 0 Å². The standard InChI is InChI=1S/C16H16O/c1-2-4-15(17)13-10-9-12-8-7-11-5-3-6-14(13)16(11)12/h3,5-6,9-10H,2,4,7-8H2,1H3. The van der Waals surface area contributed by atoms with Crippen LogP contribution >= 0.6 is 0 Å². The number of ketones is 1. The third kappa shape index (κ3) is 1.57. The predicted octanol–water partition coefficient (Wildman–Crippen LogP) is 3.92. The number of carbonyl (C=O) groups excluding carboxylic acids is 1. The van der Waals surface area contributed by atoms with E-state index in [1.807, 2.05) is 6.07 Å². The highest BCUT2D eigenvalue weighted by atomic mass is 16.1. The Morgan fingerprint density at radius 2 is 1.88 bits per heavy atom. The molecule has 0 atom stereocenters. The van der Waals surface area contributed by atoms with E-state index in [1.54, 1.807) is 0 Å². The molecule has 2 aromatic rings. The van der Waals surface area contributed by atoms with E-state index in [0.717, 1.165) is 30.2 Å². The highest BCUT2D eigenvalue weighted by Crippen LogP contribution is 2.33. The van der Waals surface area contributed by atoms with Gasteiger partial charge in [0.05, 0.1) is 0 Å². The van der Waals surface area contributed by atoms with Gasteiger partial charge in [-0.15, -0.1) is 0 Å². The van der Waals surface area contributed by atoms with Crippen LogP contribution < -0.4 is 0 Å².